The molecule has 1 aliphatic heterocycles. The van der Waals surface area contributed by atoms with Crippen LogP contribution in [0, 0.1) is 16.7 Å². The number of ketones is 1. The van der Waals surface area contributed by atoms with Crippen molar-refractivity contribution in [2.75, 3.05) is 141 Å². The fourth-order valence-corrected chi connectivity index (χ4v) is 9.73. The molecule has 1 heterocycles. The molecule has 30 heteroatoms. The number of quaternary nitrogens is 1. The lowest BCUT2D eigenvalue weighted by atomic mass is 9.87. The number of amides is 4. The van der Waals surface area contributed by atoms with E-state index in [1.165, 1.54) is 43.4 Å². The normalized spacial score (nSPS) is 16.0. The number of allylic oxidation sites excluding steroid dienone is 2. The van der Waals surface area contributed by atoms with Gasteiger partial charge in [0.15, 0.2) is 5.12 Å². The number of nitrogens with one attached hydrogen (secondary N) is 1. The minimum absolute atomic E-state index is 0. The number of nitrogens with zero attached hydrogens (tertiary/aromatic N) is 1. The lowest BCUT2D eigenvalue weighted by molar-refractivity contribution is -0.870. The van der Waals surface area contributed by atoms with E-state index in [4.69, 9.17) is 45.6 Å². The van der Waals surface area contributed by atoms with Crippen LogP contribution >= 0.6 is 81.5 Å². The van der Waals surface area contributed by atoms with Crippen LogP contribution in [0.25, 0.3) is 0 Å². The summed E-state index contributed by atoms with van der Waals surface area (Å²) in [6.45, 7) is 33.4. The third-order valence-corrected chi connectivity index (χ3v) is 17.3. The number of carbonyl (C=O) groups is 8. The highest BCUT2D eigenvalue weighted by molar-refractivity contribution is 8.14. The smallest absolute Gasteiger partial charge is 0.312 e. The number of phosphoric acid groups is 1. The van der Waals surface area contributed by atoms with Crippen molar-refractivity contribution >= 4 is 128 Å². The molecule has 0 spiro atoms. The van der Waals surface area contributed by atoms with E-state index < -0.39 is 55.2 Å². The SMILES string of the molecule is C=C(C)C(=C)OCCPC.C=CC(=C)N.CC(=O)CC1CCSC1=O.CC(=O)NC(CCS)C(N)=O.COP(=O)([O-])OCC[N+](C)(C)C.[2HH].[3H]C(CC(C)(CSCC)C(=O)OCCPC)C(N)=O.[3H]C(CC(C)(CSCCN)C(=O)OCCPC)C(N)=O. The quantitative estimate of drug-likeness (QED) is 0.00676. The summed E-state index contributed by atoms with van der Waals surface area (Å²) in [4.78, 5) is 99.6. The van der Waals surface area contributed by atoms with Crippen molar-refractivity contribution in [3.63, 3.8) is 0 Å². The number of thiol groups is 1. The van der Waals surface area contributed by atoms with Gasteiger partial charge in [0.25, 0.3) is 7.82 Å². The number of rotatable bonds is 38. The van der Waals surface area contributed by atoms with Crippen molar-refractivity contribution in [3.05, 3.63) is 49.4 Å². The first-order valence-electron chi connectivity index (χ1n) is 28.2. The van der Waals surface area contributed by atoms with Crippen LogP contribution in [0.2, 0.25) is 0 Å². The highest BCUT2D eigenvalue weighted by Crippen LogP contribution is 2.36. The number of ether oxygens (including phenoxy) is 3. The first kappa shape index (κ1) is 88.9. The number of esters is 2. The molecule has 11 N–H and O–H groups in total. The number of thioether (sulfide) groups is 3. The highest BCUT2D eigenvalue weighted by Gasteiger charge is 2.36. The van der Waals surface area contributed by atoms with Crippen LogP contribution in [0.4, 0.5) is 0 Å². The maximum atomic E-state index is 12.2. The number of carbonyl (C=O) groups excluding carboxylic acids is 8. The van der Waals surface area contributed by atoms with Crippen molar-refractivity contribution < 1.29 is 79.7 Å². The second-order valence-electron chi connectivity index (χ2n) is 19.8. The van der Waals surface area contributed by atoms with Gasteiger partial charge < -0.3 is 71.4 Å². The van der Waals surface area contributed by atoms with Crippen molar-refractivity contribution in [1.29, 1.82) is 0 Å². The van der Waals surface area contributed by atoms with Gasteiger partial charge in [-0.25, -0.2) is 0 Å². The van der Waals surface area contributed by atoms with E-state index in [2.05, 4.69) is 60.0 Å². The summed E-state index contributed by atoms with van der Waals surface area (Å²) in [6.07, 6.45) is 4.14. The Balaban J connectivity index is -0.000000179. The van der Waals surface area contributed by atoms with Crippen molar-refractivity contribution in [2.45, 2.75) is 92.5 Å². The number of nitrogens with two attached hydrogens (primary N) is 5. The van der Waals surface area contributed by atoms with Crippen molar-refractivity contribution in [2.24, 2.45) is 45.4 Å². The van der Waals surface area contributed by atoms with Gasteiger partial charge in [0.2, 0.25) is 23.6 Å². The van der Waals surface area contributed by atoms with Crippen LogP contribution in [0.3, 0.4) is 0 Å². The van der Waals surface area contributed by atoms with Gasteiger partial charge in [0.1, 0.15) is 30.7 Å². The Labute approximate surface area is 538 Å². The summed E-state index contributed by atoms with van der Waals surface area (Å²) in [6, 6.07) is -0.579. The van der Waals surface area contributed by atoms with Gasteiger partial charge in [-0.15, -0.1) is 25.7 Å². The summed E-state index contributed by atoms with van der Waals surface area (Å²) in [7, 11) is 5.33. The third-order valence-electron chi connectivity index (χ3n) is 10.3. The number of primary amides is 3. The van der Waals surface area contributed by atoms with Gasteiger partial charge in [-0.3, -0.25) is 38.1 Å². The van der Waals surface area contributed by atoms with Gasteiger partial charge in [-0.1, -0.05) is 45.0 Å². The zero-order valence-electron chi connectivity index (χ0n) is 54.9. The Bertz CT molecular complexity index is 2100. The summed E-state index contributed by atoms with van der Waals surface area (Å²) in [5, 5.41) is 2.62. The second-order valence-corrected chi connectivity index (χ2v) is 28.9. The molecule has 1 rings (SSSR count). The lowest BCUT2D eigenvalue weighted by Crippen LogP contribution is -2.43. The van der Waals surface area contributed by atoms with E-state index in [-0.39, 0.29) is 55.5 Å². The Morgan fingerprint density at radius 3 is 1.64 bits per heavy atom. The minimum Gasteiger partial charge on any atom is -0.756 e. The number of hydrogen-bond acceptors (Lipinski definition) is 21. The zero-order chi connectivity index (χ0) is 69.0. The molecular formula is C55H111N7O15P4S4. The fourth-order valence-electron chi connectivity index (χ4n) is 5.21. The molecular weight excluding hydrogens is 1250 g/mol. The molecule has 1 fully saturated rings. The van der Waals surface area contributed by atoms with E-state index in [1.807, 2.05) is 48.3 Å². The minimum atomic E-state index is -4.02. The zero-order valence-corrected chi connectivity index (χ0v) is 60.2. The summed E-state index contributed by atoms with van der Waals surface area (Å²) in [5.41, 5.74) is 25.4. The van der Waals surface area contributed by atoms with Gasteiger partial charge in [0.05, 0.1) is 51.8 Å². The Kier molecular flexibility index (Phi) is 60.5. The number of phosphoric ester groups is 1. The lowest BCUT2D eigenvalue weighted by Gasteiger charge is -2.26. The molecule has 500 valence electrons. The third kappa shape index (κ3) is 64.2. The molecule has 1 saturated heterocycles. The molecule has 0 bridgehead atoms. The molecule has 85 heavy (non-hydrogen) atoms. The van der Waals surface area contributed by atoms with E-state index in [9.17, 15) is 47.8 Å². The average molecular weight is 1370 g/mol. The number of likely N-dealkylation sites (N-methyl/N-ethyl adjacent to an activating group) is 1. The number of hydrogen-bond donors (Lipinski definition) is 7. The van der Waals surface area contributed by atoms with Crippen LogP contribution in [0.1, 0.15) is 90.6 Å². The maximum absolute atomic E-state index is 12.2. The molecule has 0 aromatic carbocycles. The van der Waals surface area contributed by atoms with Gasteiger partial charge in [-0.2, -0.15) is 36.2 Å². The van der Waals surface area contributed by atoms with Gasteiger partial charge in [0, 0.05) is 78.6 Å². The first-order valence-corrected chi connectivity index (χ1v) is 37.5. The van der Waals surface area contributed by atoms with E-state index in [1.54, 1.807) is 25.6 Å². The standard InChI is InChI=1S/C12H25N2O3PS.C12H24NO3PS.C8H15OP.C7H10O2S.C6H12N2O2S.C6H16NO4P.C4H7N.H2/c1-12(4-3-10(14)15,9-19-8-5-13)11(16)17-6-7-18-2;1-4-18-9-12(2,6-5-10(13)14)11(15)16-7-8-17-3;1-7(2)8(3)9-5-6-10-4;1-5(8)4-6-2-3-10-7(6)9;1-4(9)8-5(2-3-11)6(7)10;1-7(2,3)5-6-11-12(8,9)10-4;1-3-4(2)5;/h18H,3-9,13H2,1-2H3,(H2,14,15);17H,4-9H2,1-3H3,(H2,13,14);10H,1,3,5-6H2,2,4H3;6H,2-4H2,1H3;5,11H,2-3H2,1H3,(H2,7,10)(H,8,9);5-6H2,1-4H3;3H,1-2,5H2;1H/i3T;5T;;;;;;1+1. The molecule has 0 aromatic rings. The summed E-state index contributed by atoms with van der Waals surface area (Å²) in [5.74, 6) is 2.02. The largest absolute Gasteiger partial charge is 0.756 e. The highest BCUT2D eigenvalue weighted by atomic mass is 32.2. The van der Waals surface area contributed by atoms with Gasteiger partial charge >= 0.3 is 11.9 Å². The Hall–Kier alpha value is -2.56. The fraction of sp³-hybridized carbons (Fsp3) is 0.709. The topological polar surface area (TPSA) is 365 Å². The molecule has 0 aromatic heterocycles. The Morgan fingerprint density at radius 1 is 0.882 bits per heavy atom. The molecule has 1 aliphatic rings. The van der Waals surface area contributed by atoms with Crippen molar-refractivity contribution in [3.8, 4) is 0 Å². The molecule has 0 radical (unpaired) electrons. The molecule has 0 aliphatic carbocycles. The van der Waals surface area contributed by atoms with Crippen LogP contribution < -0.4 is 38.9 Å². The molecule has 22 nitrogen and oxygen atoms in total. The van der Waals surface area contributed by atoms with E-state index in [0.29, 0.717) is 66.6 Å². The average Bonchev–Trinajstić information content (AvgIpc) is 3.98. The molecule has 10 atom stereocenters. The van der Waals surface area contributed by atoms with Gasteiger partial charge in [-0.05, 0) is 115 Å². The van der Waals surface area contributed by atoms with Crippen LogP contribution in [0.15, 0.2) is 49.4 Å². The van der Waals surface area contributed by atoms with E-state index in [0.717, 1.165) is 93.0 Å². The predicted molar refractivity (Wildman–Crippen MR) is 367 cm³/mol. The first-order chi connectivity index (χ1) is 40.2. The number of Topliss-reactive ketones (excluding diaryl/α,β-unsaturated/α-hetero) is 1. The van der Waals surface area contributed by atoms with Crippen molar-refractivity contribution in [1.82, 2.24) is 5.32 Å². The molecule has 4 amide bonds. The Morgan fingerprint density at radius 2 is 1.33 bits per heavy atom. The maximum Gasteiger partial charge on any atom is 0.312 e. The van der Waals surface area contributed by atoms with E-state index >= 15 is 0 Å². The molecule has 0 saturated carbocycles. The monoisotopic (exact) mass is 1370 g/mol. The van der Waals surface area contributed by atoms with Crippen LogP contribution in [0.5, 0.6) is 0 Å². The van der Waals surface area contributed by atoms with Crippen LogP contribution in [-0.4, -0.2) is 198 Å². The second kappa shape index (κ2) is 57.9. The molecule has 10 unspecified atom stereocenters. The summed E-state index contributed by atoms with van der Waals surface area (Å²) < 4.78 is 51.0. The summed E-state index contributed by atoms with van der Waals surface area (Å²) >= 11 is 8.40. The van der Waals surface area contributed by atoms with Crippen LogP contribution in [-0.2, 0) is 66.2 Å². The predicted octanol–water partition coefficient (Wildman–Crippen LogP) is 6.32.